The first-order valence-corrected chi connectivity index (χ1v) is 9.64. The quantitative estimate of drug-likeness (QED) is 0.605. The predicted molar refractivity (Wildman–Crippen MR) is 105 cm³/mol. The maximum atomic E-state index is 4.61. The van der Waals surface area contributed by atoms with Crippen molar-refractivity contribution >= 4 is 16.8 Å². The number of H-pyrrole nitrogens is 1. The monoisotopic (exact) mass is 360 g/mol. The lowest BCUT2D eigenvalue weighted by molar-refractivity contribution is 0.296. The van der Waals surface area contributed by atoms with Crippen molar-refractivity contribution in [2.75, 3.05) is 13.1 Å². The largest absolute Gasteiger partial charge is 0.345 e. The van der Waals surface area contributed by atoms with Crippen molar-refractivity contribution in [2.45, 2.75) is 26.3 Å². The molecule has 1 aromatic carbocycles. The van der Waals surface area contributed by atoms with Gasteiger partial charge in [-0.3, -0.25) is 9.30 Å². The minimum absolute atomic E-state index is 0.365. The minimum Gasteiger partial charge on any atom is -0.345 e. The van der Waals surface area contributed by atoms with E-state index in [1.807, 2.05) is 6.20 Å². The maximum Gasteiger partial charge on any atom is 0.179 e. The summed E-state index contributed by atoms with van der Waals surface area (Å²) in [4.78, 5) is 10.2. The number of aromatic amines is 1. The van der Waals surface area contributed by atoms with Crippen LogP contribution in [0.15, 0.2) is 48.8 Å². The van der Waals surface area contributed by atoms with Gasteiger partial charge in [0.25, 0.3) is 0 Å². The van der Waals surface area contributed by atoms with E-state index in [9.17, 15) is 0 Å². The zero-order chi connectivity index (χ0) is 18.4. The van der Waals surface area contributed by atoms with Crippen molar-refractivity contribution in [3.05, 3.63) is 60.2 Å². The molecule has 1 fully saturated rings. The smallest absolute Gasteiger partial charge is 0.179 e. The second-order valence-corrected chi connectivity index (χ2v) is 7.92. The van der Waals surface area contributed by atoms with Crippen LogP contribution in [-0.2, 0) is 6.54 Å². The van der Waals surface area contributed by atoms with Gasteiger partial charge in [-0.25, -0.2) is 4.98 Å². The van der Waals surface area contributed by atoms with Crippen LogP contribution in [0.2, 0.25) is 0 Å². The lowest BCUT2D eigenvalue weighted by Crippen LogP contribution is -2.21. The summed E-state index contributed by atoms with van der Waals surface area (Å²) < 4.78 is 2.19. The molecule has 6 nitrogen and oxygen atoms in total. The number of nitrogens with one attached hydrogen (secondary N) is 1. The summed E-state index contributed by atoms with van der Waals surface area (Å²) in [5, 5.41) is 9.03. The number of likely N-dealkylation sites (tertiary alicyclic amines) is 1. The molecule has 0 amide bonds. The van der Waals surface area contributed by atoms with Crippen LogP contribution < -0.4 is 0 Å². The van der Waals surface area contributed by atoms with Crippen molar-refractivity contribution in [2.24, 2.45) is 11.8 Å². The molecule has 0 aliphatic carbocycles. The number of fused-ring (bicyclic) bond motifs is 3. The summed E-state index contributed by atoms with van der Waals surface area (Å²) in [5.74, 6) is 2.57. The van der Waals surface area contributed by atoms with Crippen LogP contribution >= 0.6 is 0 Å². The molecule has 0 bridgehead atoms. The Bertz CT molecular complexity index is 1060. The van der Waals surface area contributed by atoms with Crippen molar-refractivity contribution in [3.8, 4) is 0 Å². The van der Waals surface area contributed by atoms with Gasteiger partial charge in [0.2, 0.25) is 0 Å². The molecule has 1 aliphatic heterocycles. The molecule has 1 aliphatic rings. The number of hydrogen-bond donors (Lipinski definition) is 1. The van der Waals surface area contributed by atoms with Gasteiger partial charge in [-0.2, -0.15) is 0 Å². The van der Waals surface area contributed by atoms with E-state index in [4.69, 9.17) is 0 Å². The first-order valence-electron chi connectivity index (χ1n) is 9.64. The van der Waals surface area contributed by atoms with Crippen molar-refractivity contribution < 1.29 is 0 Å². The minimum atomic E-state index is 0.365. The highest BCUT2D eigenvalue weighted by Crippen LogP contribution is 2.37. The van der Waals surface area contributed by atoms with Crippen molar-refractivity contribution in [1.82, 2.24) is 29.5 Å². The Morgan fingerprint density at radius 3 is 2.78 bits per heavy atom. The SMILES string of the molecule is CC(C)C1CN(Cc2ccccc2)C[C@@H]1c1nnc2cnc3[nH]ccc3n12. The third-order valence-corrected chi connectivity index (χ3v) is 5.84. The molecule has 27 heavy (non-hydrogen) atoms. The zero-order valence-corrected chi connectivity index (χ0v) is 15.7. The van der Waals surface area contributed by atoms with E-state index in [2.05, 4.69) is 79.7 Å². The van der Waals surface area contributed by atoms with Crippen LogP contribution in [0.1, 0.15) is 31.2 Å². The lowest BCUT2D eigenvalue weighted by atomic mass is 9.85. The van der Waals surface area contributed by atoms with E-state index >= 15 is 0 Å². The van der Waals surface area contributed by atoms with Gasteiger partial charge < -0.3 is 4.98 Å². The Balaban J connectivity index is 1.53. The molecule has 4 aromatic rings. The maximum absolute atomic E-state index is 4.61. The highest BCUT2D eigenvalue weighted by molar-refractivity contribution is 5.74. The first kappa shape index (κ1) is 16.4. The third-order valence-electron chi connectivity index (χ3n) is 5.84. The Hall–Kier alpha value is -2.73. The van der Waals surface area contributed by atoms with Gasteiger partial charge in [-0.05, 0) is 23.5 Å². The summed E-state index contributed by atoms with van der Waals surface area (Å²) in [6.07, 6.45) is 3.73. The average molecular weight is 360 g/mol. The topological polar surface area (TPSA) is 62.1 Å². The number of nitrogens with zero attached hydrogens (tertiary/aromatic N) is 5. The second kappa shape index (κ2) is 6.46. The molecule has 138 valence electrons. The number of benzene rings is 1. The van der Waals surface area contributed by atoms with E-state index in [0.29, 0.717) is 17.8 Å². The lowest BCUT2D eigenvalue weighted by Gasteiger charge is -2.20. The van der Waals surface area contributed by atoms with Crippen molar-refractivity contribution in [1.29, 1.82) is 0 Å². The fourth-order valence-electron chi connectivity index (χ4n) is 4.47. The highest BCUT2D eigenvalue weighted by Gasteiger charge is 2.38. The van der Waals surface area contributed by atoms with E-state index in [1.165, 1.54) is 5.56 Å². The molecule has 1 unspecified atom stereocenters. The molecular formula is C21H24N6. The molecular weight excluding hydrogens is 336 g/mol. The zero-order valence-electron chi connectivity index (χ0n) is 15.7. The Morgan fingerprint density at radius 2 is 1.96 bits per heavy atom. The summed E-state index contributed by atoms with van der Waals surface area (Å²) in [7, 11) is 0. The molecule has 5 rings (SSSR count). The van der Waals surface area contributed by atoms with Gasteiger partial charge in [0, 0.05) is 31.7 Å². The van der Waals surface area contributed by atoms with Crippen molar-refractivity contribution in [3.63, 3.8) is 0 Å². The van der Waals surface area contributed by atoms with Gasteiger partial charge in [0.05, 0.1) is 11.7 Å². The second-order valence-electron chi connectivity index (χ2n) is 7.92. The van der Waals surface area contributed by atoms with Gasteiger partial charge in [-0.1, -0.05) is 44.2 Å². The van der Waals surface area contributed by atoms with Crippen LogP contribution in [0.4, 0.5) is 0 Å². The summed E-state index contributed by atoms with van der Waals surface area (Å²) in [5.41, 5.74) is 4.12. The molecule has 0 radical (unpaired) electrons. The standard InChI is InChI=1S/C21H24N6/c1-14(2)16-12-26(11-15-6-4-3-5-7-15)13-17(16)21-25-24-19-10-23-20-18(27(19)21)8-9-22-20/h3-10,14,16-17,22H,11-13H2,1-2H3/t16?,17-/m0/s1. The van der Waals surface area contributed by atoms with E-state index in [0.717, 1.165) is 42.3 Å². The Kier molecular flexibility index (Phi) is 3.93. The molecule has 0 saturated carbocycles. The summed E-state index contributed by atoms with van der Waals surface area (Å²) in [6, 6.07) is 12.8. The Morgan fingerprint density at radius 1 is 1.11 bits per heavy atom. The normalized spacial score (nSPS) is 21.0. The number of hydrogen-bond acceptors (Lipinski definition) is 4. The summed E-state index contributed by atoms with van der Waals surface area (Å²) in [6.45, 7) is 7.72. The van der Waals surface area contributed by atoms with Crippen LogP contribution in [-0.4, -0.2) is 42.6 Å². The van der Waals surface area contributed by atoms with E-state index < -0.39 is 0 Å². The summed E-state index contributed by atoms with van der Waals surface area (Å²) >= 11 is 0. The van der Waals surface area contributed by atoms with Gasteiger partial charge >= 0.3 is 0 Å². The molecule has 4 heterocycles. The Labute approximate surface area is 158 Å². The first-order chi connectivity index (χ1) is 13.2. The molecule has 3 aromatic heterocycles. The number of aromatic nitrogens is 5. The fraction of sp³-hybridized carbons (Fsp3) is 0.381. The highest BCUT2D eigenvalue weighted by atomic mass is 15.3. The third kappa shape index (κ3) is 2.80. The van der Waals surface area contributed by atoms with Gasteiger partial charge in [-0.15, -0.1) is 10.2 Å². The number of rotatable bonds is 4. The van der Waals surface area contributed by atoms with Crippen LogP contribution in [0.3, 0.4) is 0 Å². The van der Waals surface area contributed by atoms with E-state index in [1.54, 1.807) is 6.20 Å². The molecule has 6 heteroatoms. The van der Waals surface area contributed by atoms with Crippen LogP contribution in [0.25, 0.3) is 16.8 Å². The van der Waals surface area contributed by atoms with E-state index in [-0.39, 0.29) is 0 Å². The fourth-order valence-corrected chi connectivity index (χ4v) is 4.47. The molecule has 2 atom stereocenters. The van der Waals surface area contributed by atoms with Crippen LogP contribution in [0.5, 0.6) is 0 Å². The van der Waals surface area contributed by atoms with Gasteiger partial charge in [0.1, 0.15) is 5.82 Å². The average Bonchev–Trinajstić information content (AvgIpc) is 3.39. The predicted octanol–water partition coefficient (Wildman–Crippen LogP) is 3.48. The molecule has 1 saturated heterocycles. The van der Waals surface area contributed by atoms with Crippen LogP contribution in [0, 0.1) is 11.8 Å². The van der Waals surface area contributed by atoms with Gasteiger partial charge in [0.15, 0.2) is 11.3 Å². The molecule has 1 N–H and O–H groups in total. The molecule has 0 spiro atoms.